The Morgan fingerprint density at radius 1 is 1.24 bits per heavy atom. The highest BCUT2D eigenvalue weighted by atomic mass is 19.1. The highest BCUT2D eigenvalue weighted by molar-refractivity contribution is 5.91. The number of nitrogens with zero attached hydrogens (tertiary/aromatic N) is 3. The summed E-state index contributed by atoms with van der Waals surface area (Å²) in [5.74, 6) is 1.47. The first kappa shape index (κ1) is 23.9. The third-order valence-corrected chi connectivity index (χ3v) is 6.18. The first-order chi connectivity index (χ1) is 16.3. The molecule has 7 heteroatoms. The monoisotopic (exact) mass is 464 g/mol. The number of rotatable bonds is 6. The van der Waals surface area contributed by atoms with Crippen LogP contribution in [0.15, 0.2) is 36.4 Å². The fourth-order valence-electron chi connectivity index (χ4n) is 4.44. The van der Waals surface area contributed by atoms with Crippen molar-refractivity contribution in [2.45, 2.75) is 40.5 Å². The molecule has 0 spiro atoms. The molecule has 2 heterocycles. The van der Waals surface area contributed by atoms with E-state index in [-0.39, 0.29) is 17.8 Å². The molecular formula is C27H33FN4O2. The van der Waals surface area contributed by atoms with Crippen molar-refractivity contribution in [2.75, 3.05) is 31.1 Å². The normalized spacial score (nSPS) is 16.2. The number of nitrogens with one attached hydrogen (secondary N) is 1. The van der Waals surface area contributed by atoms with E-state index in [2.05, 4.69) is 16.3 Å². The summed E-state index contributed by atoms with van der Waals surface area (Å²) in [5, 5.41) is 3.86. The summed E-state index contributed by atoms with van der Waals surface area (Å²) in [4.78, 5) is 23.9. The minimum Gasteiger partial charge on any atom is -0.449 e. The van der Waals surface area contributed by atoms with Crippen molar-refractivity contribution < 1.29 is 13.9 Å². The second kappa shape index (κ2) is 10.4. The maximum absolute atomic E-state index is 14.8. The van der Waals surface area contributed by atoms with Gasteiger partial charge in [0.15, 0.2) is 5.82 Å². The fourth-order valence-corrected chi connectivity index (χ4v) is 4.44. The van der Waals surface area contributed by atoms with Crippen LogP contribution in [0, 0.1) is 31.5 Å². The summed E-state index contributed by atoms with van der Waals surface area (Å²) >= 11 is 0. The van der Waals surface area contributed by atoms with Crippen molar-refractivity contribution in [1.82, 2.24) is 15.3 Å². The van der Waals surface area contributed by atoms with E-state index >= 15 is 0 Å². The van der Waals surface area contributed by atoms with E-state index in [9.17, 15) is 9.18 Å². The highest BCUT2D eigenvalue weighted by Gasteiger charge is 2.25. The summed E-state index contributed by atoms with van der Waals surface area (Å²) in [5.41, 5.74) is 3.14. The quantitative estimate of drug-likeness (QED) is 0.510. The lowest BCUT2D eigenvalue weighted by molar-refractivity contribution is 0.131. The Bertz CT molecular complexity index is 1160. The Morgan fingerprint density at radius 2 is 2.06 bits per heavy atom. The van der Waals surface area contributed by atoms with Gasteiger partial charge in [-0.2, -0.15) is 0 Å². The number of carbonyl (C=O) groups excluding carboxylic acids is 1. The maximum Gasteiger partial charge on any atom is 0.407 e. The highest BCUT2D eigenvalue weighted by Crippen LogP contribution is 2.32. The predicted octanol–water partition coefficient (Wildman–Crippen LogP) is 5.65. The molecule has 1 aliphatic heterocycles. The third kappa shape index (κ3) is 5.46. The molecule has 6 nitrogen and oxygen atoms in total. The minimum absolute atomic E-state index is 0.273. The SMILES string of the molecule is Cc1ccc2c(N3CCC[C@@H](CNC(=O)OCC(C)C)C3)nc(-c3c(C)cccc3F)nc2c1. The van der Waals surface area contributed by atoms with Gasteiger partial charge >= 0.3 is 6.09 Å². The molecule has 0 radical (unpaired) electrons. The van der Waals surface area contributed by atoms with Gasteiger partial charge in [0.25, 0.3) is 0 Å². The van der Waals surface area contributed by atoms with Crippen molar-refractivity contribution in [3.63, 3.8) is 0 Å². The van der Waals surface area contributed by atoms with Gasteiger partial charge in [0.1, 0.15) is 11.6 Å². The van der Waals surface area contributed by atoms with Gasteiger partial charge < -0.3 is 15.0 Å². The number of ether oxygens (including phenoxy) is 1. The number of piperidine rings is 1. The molecule has 0 bridgehead atoms. The van der Waals surface area contributed by atoms with Gasteiger partial charge in [0.2, 0.25) is 0 Å². The lowest BCUT2D eigenvalue weighted by atomic mass is 9.97. The van der Waals surface area contributed by atoms with Gasteiger partial charge in [-0.25, -0.2) is 19.2 Å². The third-order valence-electron chi connectivity index (χ3n) is 6.18. The number of fused-ring (bicyclic) bond motifs is 1. The molecule has 1 atom stereocenters. The van der Waals surface area contributed by atoms with Crippen LogP contribution in [0.25, 0.3) is 22.3 Å². The molecule has 1 saturated heterocycles. The molecule has 0 saturated carbocycles. The number of hydrogen-bond acceptors (Lipinski definition) is 5. The Labute approximate surface area is 200 Å². The molecule has 0 unspecified atom stereocenters. The Hall–Kier alpha value is -3.22. The summed E-state index contributed by atoms with van der Waals surface area (Å²) in [6.45, 7) is 10.5. The maximum atomic E-state index is 14.8. The van der Waals surface area contributed by atoms with Gasteiger partial charge in [-0.15, -0.1) is 0 Å². The number of aryl methyl sites for hydroxylation is 2. The smallest absolute Gasteiger partial charge is 0.407 e. The first-order valence-electron chi connectivity index (χ1n) is 12.0. The van der Waals surface area contributed by atoms with Crippen LogP contribution in [-0.4, -0.2) is 42.3 Å². The second-order valence-corrected chi connectivity index (χ2v) is 9.65. The molecule has 3 aromatic rings. The Balaban J connectivity index is 1.62. The molecule has 1 amide bonds. The largest absolute Gasteiger partial charge is 0.449 e. The molecule has 180 valence electrons. The summed E-state index contributed by atoms with van der Waals surface area (Å²) in [6.07, 6.45) is 1.63. The van der Waals surface area contributed by atoms with Crippen LogP contribution < -0.4 is 10.2 Å². The van der Waals surface area contributed by atoms with E-state index in [0.717, 1.165) is 53.8 Å². The summed E-state index contributed by atoms with van der Waals surface area (Å²) < 4.78 is 20.0. The lowest BCUT2D eigenvalue weighted by Gasteiger charge is -2.34. The van der Waals surface area contributed by atoms with Gasteiger partial charge in [0, 0.05) is 25.0 Å². The van der Waals surface area contributed by atoms with Crippen molar-refractivity contribution in [1.29, 1.82) is 0 Å². The van der Waals surface area contributed by atoms with Gasteiger partial charge in [-0.3, -0.25) is 0 Å². The number of amides is 1. The zero-order valence-corrected chi connectivity index (χ0v) is 20.4. The van der Waals surface area contributed by atoms with Crippen molar-refractivity contribution >= 4 is 22.8 Å². The minimum atomic E-state index is -0.369. The van der Waals surface area contributed by atoms with Crippen LogP contribution in [-0.2, 0) is 4.74 Å². The second-order valence-electron chi connectivity index (χ2n) is 9.65. The molecule has 1 aliphatic rings. The number of carbonyl (C=O) groups is 1. The molecule has 1 N–H and O–H groups in total. The van der Waals surface area contributed by atoms with E-state index in [1.807, 2.05) is 45.9 Å². The molecule has 34 heavy (non-hydrogen) atoms. The number of anilines is 1. The zero-order valence-electron chi connectivity index (χ0n) is 20.4. The lowest BCUT2D eigenvalue weighted by Crippen LogP contribution is -2.41. The summed E-state index contributed by atoms with van der Waals surface area (Å²) in [7, 11) is 0. The molecule has 4 rings (SSSR count). The zero-order chi connectivity index (χ0) is 24.2. The Kier molecular flexibility index (Phi) is 7.29. The summed E-state index contributed by atoms with van der Waals surface area (Å²) in [6, 6.07) is 11.2. The van der Waals surface area contributed by atoms with Gasteiger partial charge in [-0.1, -0.05) is 32.0 Å². The number of aromatic nitrogens is 2. The average Bonchev–Trinajstić information content (AvgIpc) is 2.80. The van der Waals surface area contributed by atoms with Crippen LogP contribution in [0.5, 0.6) is 0 Å². The molecule has 2 aromatic carbocycles. The van der Waals surface area contributed by atoms with E-state index in [1.165, 1.54) is 6.07 Å². The molecular weight excluding hydrogens is 431 g/mol. The average molecular weight is 465 g/mol. The van der Waals surface area contributed by atoms with Crippen LogP contribution in [0.3, 0.4) is 0 Å². The fraction of sp³-hybridized carbons (Fsp3) is 0.444. The standard InChI is InChI=1S/C27H33FN4O2/c1-17(2)16-34-27(33)29-14-20-8-6-12-32(15-20)26-21-11-10-18(3)13-23(21)30-25(31-26)24-19(4)7-5-9-22(24)28/h5,7,9-11,13,17,20H,6,8,12,14-16H2,1-4H3,(H,29,33)/t20-/m0/s1. The van der Waals surface area contributed by atoms with Crippen molar-refractivity contribution in [3.8, 4) is 11.4 Å². The van der Waals surface area contributed by atoms with Gasteiger partial charge in [-0.05, 0) is 67.9 Å². The van der Waals surface area contributed by atoms with Crippen LogP contribution >= 0.6 is 0 Å². The molecule has 1 aromatic heterocycles. The van der Waals surface area contributed by atoms with E-state index in [1.54, 1.807) is 6.07 Å². The number of halogens is 1. The van der Waals surface area contributed by atoms with Crippen LogP contribution in [0.2, 0.25) is 0 Å². The van der Waals surface area contributed by atoms with Crippen molar-refractivity contribution in [3.05, 3.63) is 53.3 Å². The first-order valence-corrected chi connectivity index (χ1v) is 12.0. The van der Waals surface area contributed by atoms with E-state index < -0.39 is 0 Å². The van der Waals surface area contributed by atoms with Crippen LogP contribution in [0.1, 0.15) is 37.8 Å². The number of hydrogen-bond donors (Lipinski definition) is 1. The van der Waals surface area contributed by atoms with E-state index in [0.29, 0.717) is 30.5 Å². The number of alkyl carbamates (subject to hydrolysis) is 1. The van der Waals surface area contributed by atoms with Gasteiger partial charge in [0.05, 0.1) is 17.7 Å². The predicted molar refractivity (Wildman–Crippen MR) is 134 cm³/mol. The van der Waals surface area contributed by atoms with Crippen LogP contribution in [0.4, 0.5) is 15.0 Å². The van der Waals surface area contributed by atoms with Crippen molar-refractivity contribution in [2.24, 2.45) is 11.8 Å². The topological polar surface area (TPSA) is 67.4 Å². The Morgan fingerprint density at radius 3 is 2.82 bits per heavy atom. The molecule has 0 aliphatic carbocycles. The number of benzene rings is 2. The molecule has 1 fully saturated rings. The van der Waals surface area contributed by atoms with E-state index in [4.69, 9.17) is 14.7 Å².